The summed E-state index contributed by atoms with van der Waals surface area (Å²) in [4.78, 5) is 31.4. The molecule has 1 heterocycles. The monoisotopic (exact) mass is 607 g/mol. The van der Waals surface area contributed by atoms with Crippen molar-refractivity contribution in [1.29, 1.82) is 0 Å². The number of carbonyl (C=O) groups excluding carboxylic acids is 2. The molecule has 4 atom stereocenters. The molecule has 2 aliphatic rings. The molecule has 0 aromatic heterocycles. The van der Waals surface area contributed by atoms with Crippen molar-refractivity contribution in [3.05, 3.63) is 59.7 Å². The summed E-state index contributed by atoms with van der Waals surface area (Å²) in [6, 6.07) is 13.8. The van der Waals surface area contributed by atoms with Crippen molar-refractivity contribution >= 4 is 17.5 Å². The number of benzene rings is 2. The number of amides is 2. The van der Waals surface area contributed by atoms with Crippen molar-refractivity contribution in [2.45, 2.75) is 90.4 Å². The number of aliphatic hydroxyl groups excluding tert-OH is 1. The standard InChI is InChI=1S/C36H53N3O5/c1-26-22-39(27(2)25-40)36(42)32-21-31(37-35(41)30-16-9-6-10-17-30)18-19-33(32)44-28(3)13-11-12-20-43-34(26)24-38(4)23-29-14-7-5-8-15-29/h6,9-10,16-19,21,26-29,34,40H,5,7-8,11-15,20,22-25H2,1-4H3,(H,37,41)/t26-,27+,28-,34-/m0/s1. The van der Waals surface area contributed by atoms with Crippen molar-refractivity contribution in [2.75, 3.05) is 45.2 Å². The molecule has 44 heavy (non-hydrogen) atoms. The molecule has 1 fully saturated rings. The zero-order chi connectivity index (χ0) is 31.5. The highest BCUT2D eigenvalue weighted by Crippen LogP contribution is 2.29. The van der Waals surface area contributed by atoms with Crippen molar-refractivity contribution < 1.29 is 24.2 Å². The lowest BCUT2D eigenvalue weighted by molar-refractivity contribution is -0.0190. The fourth-order valence-electron chi connectivity index (χ4n) is 6.45. The van der Waals surface area contributed by atoms with Gasteiger partial charge in [-0.3, -0.25) is 9.59 Å². The minimum absolute atomic E-state index is 0.0361. The Hall–Kier alpha value is -2.94. The van der Waals surface area contributed by atoms with Crippen LogP contribution in [0.3, 0.4) is 0 Å². The molecule has 1 aliphatic heterocycles. The lowest BCUT2D eigenvalue weighted by Crippen LogP contribution is -2.47. The summed E-state index contributed by atoms with van der Waals surface area (Å²) >= 11 is 0. The van der Waals surface area contributed by atoms with Crippen molar-refractivity contribution in [1.82, 2.24) is 9.80 Å². The molecule has 0 spiro atoms. The molecule has 0 bridgehead atoms. The molecule has 1 aliphatic carbocycles. The number of likely N-dealkylation sites (N-methyl/N-ethyl adjacent to an activating group) is 1. The number of rotatable bonds is 8. The minimum atomic E-state index is -0.411. The van der Waals surface area contributed by atoms with E-state index in [1.165, 1.54) is 32.1 Å². The molecule has 0 radical (unpaired) electrons. The van der Waals surface area contributed by atoms with E-state index >= 15 is 0 Å². The zero-order valence-electron chi connectivity index (χ0n) is 27.2. The Kier molecular flexibility index (Phi) is 13.1. The maximum atomic E-state index is 14.3. The Morgan fingerprint density at radius 3 is 2.48 bits per heavy atom. The first-order valence-corrected chi connectivity index (χ1v) is 16.6. The summed E-state index contributed by atoms with van der Waals surface area (Å²) in [5.74, 6) is 0.779. The van der Waals surface area contributed by atoms with E-state index in [-0.39, 0.29) is 36.5 Å². The molecule has 1 saturated carbocycles. The molecule has 2 amide bonds. The molecule has 8 nitrogen and oxygen atoms in total. The molecule has 2 N–H and O–H groups in total. The summed E-state index contributed by atoms with van der Waals surface area (Å²) in [7, 11) is 2.19. The summed E-state index contributed by atoms with van der Waals surface area (Å²) in [6.45, 7) is 8.84. The van der Waals surface area contributed by atoms with Crippen LogP contribution in [-0.2, 0) is 4.74 Å². The van der Waals surface area contributed by atoms with Gasteiger partial charge in [-0.15, -0.1) is 0 Å². The van der Waals surface area contributed by atoms with Crippen molar-refractivity contribution in [3.8, 4) is 5.75 Å². The van der Waals surface area contributed by atoms with Gasteiger partial charge in [-0.2, -0.15) is 0 Å². The highest BCUT2D eigenvalue weighted by molar-refractivity contribution is 6.05. The number of anilines is 1. The van der Waals surface area contributed by atoms with Gasteiger partial charge < -0.3 is 29.7 Å². The first-order valence-electron chi connectivity index (χ1n) is 16.6. The average molecular weight is 608 g/mol. The molecule has 242 valence electrons. The van der Waals surface area contributed by atoms with Crippen LogP contribution in [0.25, 0.3) is 0 Å². The number of hydrogen-bond acceptors (Lipinski definition) is 6. The number of aliphatic hydroxyl groups is 1. The van der Waals surface area contributed by atoms with Crippen LogP contribution in [0.15, 0.2) is 48.5 Å². The van der Waals surface area contributed by atoms with E-state index in [0.717, 1.165) is 38.3 Å². The third-order valence-corrected chi connectivity index (χ3v) is 9.13. The second-order valence-electron chi connectivity index (χ2n) is 13.1. The van der Waals surface area contributed by atoms with E-state index < -0.39 is 6.04 Å². The van der Waals surface area contributed by atoms with E-state index in [4.69, 9.17) is 9.47 Å². The quantitative estimate of drug-likeness (QED) is 0.369. The van der Waals surface area contributed by atoms with E-state index in [1.807, 2.05) is 32.0 Å². The Morgan fingerprint density at radius 1 is 1.02 bits per heavy atom. The first kappa shape index (κ1) is 33.9. The predicted octanol–water partition coefficient (Wildman–Crippen LogP) is 6.25. The molecular weight excluding hydrogens is 554 g/mol. The van der Waals surface area contributed by atoms with Crippen LogP contribution < -0.4 is 10.1 Å². The summed E-state index contributed by atoms with van der Waals surface area (Å²) < 4.78 is 12.9. The van der Waals surface area contributed by atoms with Gasteiger partial charge in [0.2, 0.25) is 0 Å². The summed E-state index contributed by atoms with van der Waals surface area (Å²) in [5.41, 5.74) is 1.42. The van der Waals surface area contributed by atoms with Gasteiger partial charge in [-0.25, -0.2) is 0 Å². The second-order valence-corrected chi connectivity index (χ2v) is 13.1. The largest absolute Gasteiger partial charge is 0.490 e. The number of ether oxygens (including phenoxy) is 2. The van der Waals surface area contributed by atoms with E-state index in [2.05, 4.69) is 24.2 Å². The summed E-state index contributed by atoms with van der Waals surface area (Å²) in [6.07, 6.45) is 9.19. The van der Waals surface area contributed by atoms with Crippen LogP contribution in [-0.4, -0.2) is 84.9 Å². The Balaban J connectivity index is 1.59. The van der Waals surface area contributed by atoms with Gasteiger partial charge >= 0.3 is 0 Å². The molecule has 0 saturated heterocycles. The fraction of sp³-hybridized carbons (Fsp3) is 0.611. The Morgan fingerprint density at radius 2 is 1.75 bits per heavy atom. The van der Waals surface area contributed by atoms with E-state index in [1.54, 1.807) is 35.2 Å². The molecule has 8 heteroatoms. The highest BCUT2D eigenvalue weighted by Gasteiger charge is 2.31. The summed E-state index contributed by atoms with van der Waals surface area (Å²) in [5, 5.41) is 13.2. The van der Waals surface area contributed by atoms with Crippen molar-refractivity contribution in [2.24, 2.45) is 11.8 Å². The van der Waals surface area contributed by atoms with Gasteiger partial charge in [-0.05, 0) is 89.2 Å². The van der Waals surface area contributed by atoms with Gasteiger partial charge in [0, 0.05) is 43.4 Å². The highest BCUT2D eigenvalue weighted by atomic mass is 16.5. The maximum Gasteiger partial charge on any atom is 0.258 e. The molecule has 0 unspecified atom stereocenters. The number of hydrogen-bond donors (Lipinski definition) is 2. The minimum Gasteiger partial charge on any atom is -0.490 e. The van der Waals surface area contributed by atoms with Gasteiger partial charge in [0.05, 0.1) is 30.4 Å². The predicted molar refractivity (Wildman–Crippen MR) is 175 cm³/mol. The Bertz CT molecular complexity index is 1190. The lowest BCUT2D eigenvalue weighted by Gasteiger charge is -2.36. The molecular formula is C36H53N3O5. The third kappa shape index (κ3) is 9.78. The van der Waals surface area contributed by atoms with Gasteiger partial charge in [0.1, 0.15) is 5.75 Å². The zero-order valence-corrected chi connectivity index (χ0v) is 27.2. The van der Waals surface area contributed by atoms with E-state index in [0.29, 0.717) is 35.7 Å². The lowest BCUT2D eigenvalue weighted by atomic mass is 9.89. The topological polar surface area (TPSA) is 91.3 Å². The van der Waals surface area contributed by atoms with E-state index in [9.17, 15) is 14.7 Å². The van der Waals surface area contributed by atoms with Gasteiger partial charge in [0.15, 0.2) is 0 Å². The van der Waals surface area contributed by atoms with Crippen LogP contribution in [0.2, 0.25) is 0 Å². The molecule has 2 aromatic carbocycles. The molecule has 4 rings (SSSR count). The van der Waals surface area contributed by atoms with Gasteiger partial charge in [-0.1, -0.05) is 44.4 Å². The number of carbonyl (C=O) groups is 2. The third-order valence-electron chi connectivity index (χ3n) is 9.13. The molecule has 2 aromatic rings. The SMILES string of the molecule is C[C@H](CO)N1C[C@H](C)[C@H](CN(C)CC2CCCCC2)OCCCC[C@H](C)Oc2ccc(NC(=O)c3ccccc3)cc2C1=O. The number of fused-ring (bicyclic) bond motifs is 1. The Labute approximate surface area is 264 Å². The van der Waals surface area contributed by atoms with Crippen LogP contribution in [0.1, 0.15) is 92.9 Å². The normalized spacial score (nSPS) is 23.4. The smallest absolute Gasteiger partial charge is 0.258 e. The van der Waals surface area contributed by atoms with Gasteiger partial charge in [0.25, 0.3) is 11.8 Å². The fourth-order valence-corrected chi connectivity index (χ4v) is 6.45. The van der Waals surface area contributed by atoms with Crippen LogP contribution in [0.4, 0.5) is 5.69 Å². The van der Waals surface area contributed by atoms with Crippen LogP contribution in [0.5, 0.6) is 5.75 Å². The van der Waals surface area contributed by atoms with Crippen molar-refractivity contribution in [3.63, 3.8) is 0 Å². The second kappa shape index (κ2) is 16.9. The van der Waals surface area contributed by atoms with Crippen LogP contribution >= 0.6 is 0 Å². The number of nitrogens with one attached hydrogen (secondary N) is 1. The van der Waals surface area contributed by atoms with Crippen LogP contribution in [0, 0.1) is 11.8 Å². The first-order chi connectivity index (χ1) is 21.2. The average Bonchev–Trinajstić information content (AvgIpc) is 3.03. The maximum absolute atomic E-state index is 14.3. The number of nitrogens with zero attached hydrogens (tertiary/aromatic N) is 2.